The van der Waals surface area contributed by atoms with Gasteiger partial charge in [0.25, 0.3) is 0 Å². The first kappa shape index (κ1) is 11.8. The van der Waals surface area contributed by atoms with Crippen LogP contribution in [-0.2, 0) is 0 Å². The molecule has 1 aromatic rings. The summed E-state index contributed by atoms with van der Waals surface area (Å²) in [6, 6.07) is 4.98. The molecule has 0 saturated heterocycles. The third kappa shape index (κ3) is 3.10. The molecule has 15 heavy (non-hydrogen) atoms. The van der Waals surface area contributed by atoms with E-state index >= 15 is 0 Å². The monoisotopic (exact) mass is 225 g/mol. The average molecular weight is 226 g/mol. The van der Waals surface area contributed by atoms with Crippen LogP contribution in [0.3, 0.4) is 0 Å². The fourth-order valence-electron chi connectivity index (χ4n) is 1.31. The van der Waals surface area contributed by atoms with Gasteiger partial charge in [-0.15, -0.1) is 0 Å². The molecule has 1 aromatic heterocycles. The maximum absolute atomic E-state index is 11.7. The van der Waals surface area contributed by atoms with Gasteiger partial charge in [0.1, 0.15) is 5.92 Å². The number of rotatable bonds is 4. The number of nitriles is 1. The van der Waals surface area contributed by atoms with Gasteiger partial charge in [-0.1, -0.05) is 13.8 Å². The standard InChI is InChI=1S/C11H12ClNO2/c1-7(2)5-8(6-13)11(14)9-3-4-10(12)15-9/h3-4,7-8H,5H2,1-2H3. The number of hydrogen-bond donors (Lipinski definition) is 0. The summed E-state index contributed by atoms with van der Waals surface area (Å²) in [7, 11) is 0. The van der Waals surface area contributed by atoms with Crippen LogP contribution >= 0.6 is 11.6 Å². The predicted octanol–water partition coefficient (Wildman–Crippen LogP) is 3.30. The molecule has 0 fully saturated rings. The van der Waals surface area contributed by atoms with Crippen LogP contribution in [-0.4, -0.2) is 5.78 Å². The summed E-state index contributed by atoms with van der Waals surface area (Å²) >= 11 is 5.56. The molecule has 0 aromatic carbocycles. The third-order valence-electron chi connectivity index (χ3n) is 2.00. The van der Waals surface area contributed by atoms with Crippen molar-refractivity contribution in [1.82, 2.24) is 0 Å². The lowest BCUT2D eigenvalue weighted by Gasteiger charge is -2.08. The average Bonchev–Trinajstić information content (AvgIpc) is 2.60. The Morgan fingerprint density at radius 2 is 2.27 bits per heavy atom. The van der Waals surface area contributed by atoms with Crippen molar-refractivity contribution in [2.24, 2.45) is 11.8 Å². The Kier molecular flexibility index (Phi) is 3.93. The number of nitrogens with zero attached hydrogens (tertiary/aromatic N) is 1. The second-order valence-electron chi connectivity index (χ2n) is 3.78. The minimum absolute atomic E-state index is 0.159. The summed E-state index contributed by atoms with van der Waals surface area (Å²) in [4.78, 5) is 11.7. The van der Waals surface area contributed by atoms with Gasteiger partial charge in [-0.2, -0.15) is 5.26 Å². The molecule has 1 rings (SSSR count). The first-order chi connectivity index (χ1) is 7.04. The number of halogens is 1. The number of carbonyl (C=O) groups excluding carboxylic acids is 1. The van der Waals surface area contributed by atoms with E-state index in [1.807, 2.05) is 19.9 Å². The van der Waals surface area contributed by atoms with Crippen molar-refractivity contribution >= 4 is 17.4 Å². The van der Waals surface area contributed by atoms with Gasteiger partial charge in [0.2, 0.25) is 5.78 Å². The quantitative estimate of drug-likeness (QED) is 0.739. The van der Waals surface area contributed by atoms with E-state index in [-0.39, 0.29) is 16.8 Å². The van der Waals surface area contributed by atoms with Gasteiger partial charge in [0, 0.05) is 0 Å². The fourth-order valence-corrected chi connectivity index (χ4v) is 1.45. The van der Waals surface area contributed by atoms with Gasteiger partial charge in [-0.3, -0.25) is 4.79 Å². The van der Waals surface area contributed by atoms with Crippen LogP contribution in [0.2, 0.25) is 5.22 Å². The van der Waals surface area contributed by atoms with Gasteiger partial charge >= 0.3 is 0 Å². The Labute approximate surface area is 93.6 Å². The molecule has 1 atom stereocenters. The maximum atomic E-state index is 11.7. The molecule has 0 radical (unpaired) electrons. The summed E-state index contributed by atoms with van der Waals surface area (Å²) in [5.41, 5.74) is 0. The van der Waals surface area contributed by atoms with Crippen LogP contribution in [0.1, 0.15) is 30.8 Å². The molecule has 0 bridgehead atoms. The van der Waals surface area contributed by atoms with Crippen molar-refractivity contribution in [2.45, 2.75) is 20.3 Å². The Bertz CT molecular complexity index is 390. The molecular weight excluding hydrogens is 214 g/mol. The Balaban J connectivity index is 2.79. The predicted molar refractivity (Wildman–Crippen MR) is 56.6 cm³/mol. The normalized spacial score (nSPS) is 12.5. The highest BCUT2D eigenvalue weighted by atomic mass is 35.5. The number of carbonyl (C=O) groups is 1. The molecule has 0 aliphatic carbocycles. The molecule has 4 heteroatoms. The Morgan fingerprint density at radius 1 is 1.60 bits per heavy atom. The van der Waals surface area contributed by atoms with Gasteiger partial charge in [0.05, 0.1) is 6.07 Å². The molecule has 80 valence electrons. The van der Waals surface area contributed by atoms with Crippen LogP contribution in [0.25, 0.3) is 0 Å². The molecule has 3 nitrogen and oxygen atoms in total. The highest BCUT2D eigenvalue weighted by Gasteiger charge is 2.23. The maximum Gasteiger partial charge on any atom is 0.215 e. The first-order valence-corrected chi connectivity index (χ1v) is 5.11. The first-order valence-electron chi connectivity index (χ1n) is 4.73. The van der Waals surface area contributed by atoms with E-state index in [0.29, 0.717) is 12.3 Å². The summed E-state index contributed by atoms with van der Waals surface area (Å²) in [5, 5.41) is 9.03. The van der Waals surface area contributed by atoms with E-state index in [1.54, 1.807) is 0 Å². The van der Waals surface area contributed by atoms with E-state index in [9.17, 15) is 4.79 Å². The van der Waals surface area contributed by atoms with Gasteiger partial charge < -0.3 is 4.42 Å². The third-order valence-corrected chi connectivity index (χ3v) is 2.20. The zero-order valence-corrected chi connectivity index (χ0v) is 9.41. The zero-order chi connectivity index (χ0) is 11.4. The Morgan fingerprint density at radius 3 is 2.67 bits per heavy atom. The van der Waals surface area contributed by atoms with Crippen LogP contribution in [0.15, 0.2) is 16.5 Å². The molecule has 1 unspecified atom stereocenters. The molecule has 0 aliphatic rings. The minimum atomic E-state index is -0.646. The number of Topliss-reactive ketones (excluding diaryl/α,β-unsaturated/α-hetero) is 1. The molecular formula is C11H12ClNO2. The highest BCUT2D eigenvalue weighted by Crippen LogP contribution is 2.20. The van der Waals surface area contributed by atoms with E-state index < -0.39 is 5.92 Å². The topological polar surface area (TPSA) is 54.0 Å². The fraction of sp³-hybridized carbons (Fsp3) is 0.455. The molecule has 0 aliphatic heterocycles. The van der Waals surface area contributed by atoms with Crippen molar-refractivity contribution < 1.29 is 9.21 Å². The summed E-state index contributed by atoms with van der Waals surface area (Å²) in [6.45, 7) is 3.93. The van der Waals surface area contributed by atoms with E-state index in [2.05, 4.69) is 0 Å². The SMILES string of the molecule is CC(C)CC(C#N)C(=O)c1ccc(Cl)o1. The Hall–Kier alpha value is -1.27. The van der Waals surface area contributed by atoms with Crippen LogP contribution in [0.4, 0.5) is 0 Å². The second-order valence-corrected chi connectivity index (χ2v) is 4.15. The number of ketones is 1. The van der Waals surface area contributed by atoms with E-state index in [1.165, 1.54) is 12.1 Å². The van der Waals surface area contributed by atoms with Gasteiger partial charge in [0.15, 0.2) is 11.0 Å². The van der Waals surface area contributed by atoms with Crippen LogP contribution in [0.5, 0.6) is 0 Å². The lowest BCUT2D eigenvalue weighted by atomic mass is 9.93. The van der Waals surface area contributed by atoms with E-state index in [4.69, 9.17) is 21.3 Å². The van der Waals surface area contributed by atoms with Gasteiger partial charge in [-0.05, 0) is 36.1 Å². The van der Waals surface area contributed by atoms with Crippen molar-refractivity contribution in [3.8, 4) is 6.07 Å². The number of hydrogen-bond acceptors (Lipinski definition) is 3. The lowest BCUT2D eigenvalue weighted by Crippen LogP contribution is -2.14. The molecule has 1 heterocycles. The smallest absolute Gasteiger partial charge is 0.215 e. The molecule has 0 spiro atoms. The zero-order valence-electron chi connectivity index (χ0n) is 8.66. The molecule has 0 amide bonds. The molecule has 0 N–H and O–H groups in total. The minimum Gasteiger partial charge on any atom is -0.442 e. The second kappa shape index (κ2) is 4.99. The summed E-state index contributed by atoms with van der Waals surface area (Å²) in [6.07, 6.45) is 0.535. The molecule has 0 saturated carbocycles. The highest BCUT2D eigenvalue weighted by molar-refractivity contribution is 6.29. The largest absolute Gasteiger partial charge is 0.442 e. The van der Waals surface area contributed by atoms with Crippen LogP contribution < -0.4 is 0 Å². The van der Waals surface area contributed by atoms with Crippen molar-refractivity contribution in [1.29, 1.82) is 5.26 Å². The van der Waals surface area contributed by atoms with Crippen molar-refractivity contribution in [2.75, 3.05) is 0 Å². The van der Waals surface area contributed by atoms with Crippen molar-refractivity contribution in [3.63, 3.8) is 0 Å². The summed E-state index contributed by atoms with van der Waals surface area (Å²) < 4.78 is 4.97. The van der Waals surface area contributed by atoms with Crippen molar-refractivity contribution in [3.05, 3.63) is 23.1 Å². The summed E-state index contributed by atoms with van der Waals surface area (Å²) in [5.74, 6) is -0.485. The van der Waals surface area contributed by atoms with E-state index in [0.717, 1.165) is 0 Å². The van der Waals surface area contributed by atoms with Gasteiger partial charge in [-0.25, -0.2) is 0 Å². The lowest BCUT2D eigenvalue weighted by molar-refractivity contribution is 0.0909. The number of furan rings is 1. The van der Waals surface area contributed by atoms with Crippen LogP contribution in [0, 0.1) is 23.2 Å².